The van der Waals surface area contributed by atoms with Crippen molar-refractivity contribution in [3.05, 3.63) is 75.8 Å². The van der Waals surface area contributed by atoms with Crippen molar-refractivity contribution < 1.29 is 18.9 Å². The van der Waals surface area contributed by atoms with Crippen LogP contribution in [0.4, 0.5) is 5.69 Å². The van der Waals surface area contributed by atoms with Gasteiger partial charge in [0.25, 0.3) is 5.69 Å². The van der Waals surface area contributed by atoms with Gasteiger partial charge in [0.05, 0.1) is 21.7 Å². The molecule has 0 atom stereocenters. The highest BCUT2D eigenvalue weighted by Gasteiger charge is 2.20. The summed E-state index contributed by atoms with van der Waals surface area (Å²) in [5, 5.41) is 11.4. The zero-order valence-corrected chi connectivity index (χ0v) is 12.8. The van der Waals surface area contributed by atoms with Crippen LogP contribution in [-0.4, -0.2) is 15.9 Å². The largest absolute Gasteiger partial charge is 0.449 e. The predicted octanol–water partition coefficient (Wildman–Crippen LogP) is 4.12. The summed E-state index contributed by atoms with van der Waals surface area (Å²) in [7, 11) is 0. The molecule has 24 heavy (non-hydrogen) atoms. The lowest BCUT2D eigenvalue weighted by Crippen LogP contribution is -2.07. The Morgan fingerprint density at radius 2 is 2.00 bits per heavy atom. The number of carbonyl (C=O) groups is 1. The van der Waals surface area contributed by atoms with Gasteiger partial charge in [0.15, 0.2) is 5.75 Å². The quantitative estimate of drug-likeness (QED) is 0.401. The summed E-state index contributed by atoms with van der Waals surface area (Å²) in [5.41, 5.74) is 0.150. The van der Waals surface area contributed by atoms with Crippen molar-refractivity contribution >= 4 is 23.3 Å². The van der Waals surface area contributed by atoms with E-state index in [9.17, 15) is 14.9 Å². The Morgan fingerprint density at radius 3 is 2.75 bits per heavy atom. The van der Waals surface area contributed by atoms with Crippen LogP contribution in [0.15, 0.2) is 59.3 Å². The normalized spacial score (nSPS) is 10.4. The molecule has 0 saturated carbocycles. The summed E-state index contributed by atoms with van der Waals surface area (Å²) >= 11 is 5.76. The van der Waals surface area contributed by atoms with Crippen LogP contribution >= 0.6 is 11.6 Å². The van der Waals surface area contributed by atoms with Crippen LogP contribution in [0, 0.1) is 10.1 Å². The minimum atomic E-state index is -0.760. The number of esters is 1. The van der Waals surface area contributed by atoms with Crippen LogP contribution in [0.25, 0.3) is 11.3 Å². The van der Waals surface area contributed by atoms with Crippen LogP contribution in [0.1, 0.15) is 10.6 Å². The number of halogens is 1. The van der Waals surface area contributed by atoms with Gasteiger partial charge in [0.1, 0.15) is 5.76 Å². The fraction of sp³-hybridized carbons (Fsp3) is 0. The fourth-order valence-electron chi connectivity index (χ4n) is 2.04. The molecule has 2 aromatic heterocycles. The first-order valence-electron chi connectivity index (χ1n) is 6.71. The molecule has 120 valence electrons. The maximum atomic E-state index is 12.1. The van der Waals surface area contributed by atoms with E-state index in [0.717, 1.165) is 0 Å². The molecular formula is C16H9ClN2O5. The number of aromatic nitrogens is 1. The van der Waals surface area contributed by atoms with Crippen molar-refractivity contribution in [3.63, 3.8) is 0 Å². The first kappa shape index (κ1) is 15.7. The summed E-state index contributed by atoms with van der Waals surface area (Å²) in [5.74, 6) is -0.498. The van der Waals surface area contributed by atoms with E-state index in [1.807, 2.05) is 0 Å². The zero-order valence-electron chi connectivity index (χ0n) is 12.0. The van der Waals surface area contributed by atoms with E-state index in [4.69, 9.17) is 20.8 Å². The van der Waals surface area contributed by atoms with Crippen molar-refractivity contribution in [1.29, 1.82) is 0 Å². The number of rotatable bonds is 4. The lowest BCUT2D eigenvalue weighted by molar-refractivity contribution is -0.384. The average Bonchev–Trinajstić information content (AvgIpc) is 3.05. The molecule has 0 unspecified atom stereocenters. The summed E-state index contributed by atoms with van der Waals surface area (Å²) in [6.07, 6.45) is 2.73. The second kappa shape index (κ2) is 6.51. The zero-order chi connectivity index (χ0) is 17.1. The summed E-state index contributed by atoms with van der Waals surface area (Å²) in [6.45, 7) is 0. The molecule has 8 heteroatoms. The summed E-state index contributed by atoms with van der Waals surface area (Å²) in [4.78, 5) is 26.4. The molecule has 1 aromatic carbocycles. The SMILES string of the molecule is O=C(Oc1cncc(Cl)c1)c1ccc(-c2ccccc2[N+](=O)[O-])o1. The van der Waals surface area contributed by atoms with Crippen LogP contribution in [0.5, 0.6) is 5.75 Å². The van der Waals surface area contributed by atoms with Gasteiger partial charge in [-0.15, -0.1) is 0 Å². The molecule has 3 rings (SSSR count). The fourth-order valence-corrected chi connectivity index (χ4v) is 2.20. The molecule has 0 bridgehead atoms. The van der Waals surface area contributed by atoms with Gasteiger partial charge in [0, 0.05) is 18.3 Å². The van der Waals surface area contributed by atoms with Gasteiger partial charge < -0.3 is 9.15 Å². The molecule has 0 radical (unpaired) electrons. The van der Waals surface area contributed by atoms with E-state index >= 15 is 0 Å². The van der Waals surface area contributed by atoms with Crippen LogP contribution in [0.3, 0.4) is 0 Å². The minimum absolute atomic E-state index is 0.0943. The number of ether oxygens (including phenoxy) is 1. The maximum absolute atomic E-state index is 12.1. The van der Waals surface area contributed by atoms with Gasteiger partial charge in [-0.05, 0) is 18.2 Å². The van der Waals surface area contributed by atoms with Crippen LogP contribution in [-0.2, 0) is 0 Å². The van der Waals surface area contributed by atoms with E-state index in [0.29, 0.717) is 5.02 Å². The Labute approximate surface area is 140 Å². The van der Waals surface area contributed by atoms with E-state index in [1.165, 1.54) is 42.7 Å². The lowest BCUT2D eigenvalue weighted by Gasteiger charge is -2.02. The molecule has 0 aliphatic carbocycles. The highest BCUT2D eigenvalue weighted by molar-refractivity contribution is 6.30. The monoisotopic (exact) mass is 344 g/mol. The Bertz CT molecular complexity index is 922. The molecule has 0 N–H and O–H groups in total. The molecule has 0 amide bonds. The number of nitro groups is 1. The highest BCUT2D eigenvalue weighted by Crippen LogP contribution is 2.31. The number of para-hydroxylation sites is 1. The first-order valence-corrected chi connectivity index (χ1v) is 7.09. The van der Waals surface area contributed by atoms with E-state index in [1.54, 1.807) is 12.1 Å². The Balaban J connectivity index is 1.86. The lowest BCUT2D eigenvalue weighted by atomic mass is 10.1. The van der Waals surface area contributed by atoms with Crippen molar-refractivity contribution in [2.45, 2.75) is 0 Å². The molecular weight excluding hydrogens is 336 g/mol. The first-order chi connectivity index (χ1) is 11.5. The van der Waals surface area contributed by atoms with E-state index in [-0.39, 0.29) is 28.5 Å². The Morgan fingerprint density at radius 1 is 1.21 bits per heavy atom. The van der Waals surface area contributed by atoms with Gasteiger partial charge in [0.2, 0.25) is 5.76 Å². The van der Waals surface area contributed by atoms with Gasteiger partial charge >= 0.3 is 5.97 Å². The molecule has 0 aliphatic rings. The Hall–Kier alpha value is -3.19. The van der Waals surface area contributed by atoms with Gasteiger partial charge in [-0.25, -0.2) is 4.79 Å². The third-order valence-electron chi connectivity index (χ3n) is 3.06. The van der Waals surface area contributed by atoms with Crippen LogP contribution < -0.4 is 4.74 Å². The van der Waals surface area contributed by atoms with E-state index in [2.05, 4.69) is 4.98 Å². The van der Waals surface area contributed by atoms with Crippen LogP contribution in [0.2, 0.25) is 5.02 Å². The minimum Gasteiger partial charge on any atom is -0.449 e. The van der Waals surface area contributed by atoms with E-state index < -0.39 is 10.9 Å². The standard InChI is InChI=1S/C16H9ClN2O5/c17-10-7-11(9-18-8-10)23-16(20)15-6-5-14(24-15)12-3-1-2-4-13(12)19(21)22/h1-9H. The topological polar surface area (TPSA) is 95.5 Å². The second-order valence-electron chi connectivity index (χ2n) is 4.67. The highest BCUT2D eigenvalue weighted by atomic mass is 35.5. The number of pyridine rings is 1. The third-order valence-corrected chi connectivity index (χ3v) is 3.27. The van der Waals surface area contributed by atoms with Crippen molar-refractivity contribution in [2.24, 2.45) is 0 Å². The number of nitrogens with zero attached hydrogens (tertiary/aromatic N) is 2. The number of hydrogen-bond donors (Lipinski definition) is 0. The number of nitro benzene ring substituents is 1. The van der Waals surface area contributed by atoms with Gasteiger partial charge in [-0.3, -0.25) is 15.1 Å². The summed E-state index contributed by atoms with van der Waals surface area (Å²) in [6, 6.07) is 10.4. The van der Waals surface area contributed by atoms with Gasteiger partial charge in [-0.1, -0.05) is 23.7 Å². The molecule has 0 aliphatic heterocycles. The molecule has 7 nitrogen and oxygen atoms in total. The third kappa shape index (κ3) is 3.26. The predicted molar refractivity (Wildman–Crippen MR) is 85.0 cm³/mol. The second-order valence-corrected chi connectivity index (χ2v) is 5.10. The number of hydrogen-bond acceptors (Lipinski definition) is 6. The molecule has 0 spiro atoms. The smallest absolute Gasteiger partial charge is 0.379 e. The number of furan rings is 1. The molecule has 2 heterocycles. The molecule has 0 fully saturated rings. The Kier molecular flexibility index (Phi) is 4.26. The van der Waals surface area contributed by atoms with Gasteiger partial charge in [-0.2, -0.15) is 0 Å². The molecule has 3 aromatic rings. The number of carbonyl (C=O) groups excluding carboxylic acids is 1. The molecule has 0 saturated heterocycles. The van der Waals surface area contributed by atoms with Crippen molar-refractivity contribution in [2.75, 3.05) is 0 Å². The van der Waals surface area contributed by atoms with Crippen molar-refractivity contribution in [3.8, 4) is 17.1 Å². The van der Waals surface area contributed by atoms with Crippen molar-refractivity contribution in [1.82, 2.24) is 4.98 Å². The number of benzene rings is 1. The maximum Gasteiger partial charge on any atom is 0.379 e. The average molecular weight is 345 g/mol. The summed E-state index contributed by atoms with van der Waals surface area (Å²) < 4.78 is 10.5.